The standard InChI is InChI=1S/C26H17BN2O2/c28-16-24-22-9-2-1-7-20(22)21-8-3-4-10-23(21)26(24)18-13-17(14-19(15-18)27(30)31)25-11-5-6-12-29-25/h1-15,30-31H. The number of rotatable bonds is 3. The first kappa shape index (κ1) is 19.0. The van der Waals surface area contributed by atoms with Gasteiger partial charge in [-0.15, -0.1) is 0 Å². The van der Waals surface area contributed by atoms with Gasteiger partial charge >= 0.3 is 7.12 Å². The number of hydrogen-bond donors (Lipinski definition) is 2. The van der Waals surface area contributed by atoms with Crippen molar-refractivity contribution in [3.8, 4) is 28.5 Å². The predicted molar refractivity (Wildman–Crippen MR) is 125 cm³/mol. The second-order valence-corrected chi connectivity index (χ2v) is 7.39. The Labute approximate surface area is 179 Å². The molecule has 4 nitrogen and oxygen atoms in total. The largest absolute Gasteiger partial charge is 0.488 e. The smallest absolute Gasteiger partial charge is 0.423 e. The Morgan fingerprint density at radius 3 is 1.97 bits per heavy atom. The zero-order valence-corrected chi connectivity index (χ0v) is 16.5. The summed E-state index contributed by atoms with van der Waals surface area (Å²) in [4.78, 5) is 4.41. The van der Waals surface area contributed by atoms with E-state index in [9.17, 15) is 15.3 Å². The molecular formula is C26H17BN2O2. The third kappa shape index (κ3) is 3.25. The van der Waals surface area contributed by atoms with Crippen molar-refractivity contribution in [1.29, 1.82) is 5.26 Å². The lowest BCUT2D eigenvalue weighted by Gasteiger charge is -2.16. The van der Waals surface area contributed by atoms with E-state index in [0.717, 1.165) is 43.9 Å². The molecule has 0 saturated heterocycles. The quantitative estimate of drug-likeness (QED) is 0.350. The normalized spacial score (nSPS) is 10.9. The van der Waals surface area contributed by atoms with Crippen LogP contribution in [0, 0.1) is 11.3 Å². The van der Waals surface area contributed by atoms with E-state index in [2.05, 4.69) is 11.1 Å². The molecule has 0 aliphatic rings. The molecule has 0 aliphatic heterocycles. The molecule has 0 amide bonds. The molecule has 0 unspecified atom stereocenters. The number of nitriles is 1. The highest BCUT2D eigenvalue weighted by molar-refractivity contribution is 6.59. The Bertz CT molecular complexity index is 1470. The van der Waals surface area contributed by atoms with E-state index < -0.39 is 7.12 Å². The number of pyridine rings is 1. The number of nitrogens with zero attached hydrogens (tertiary/aromatic N) is 2. The van der Waals surface area contributed by atoms with E-state index in [-0.39, 0.29) is 0 Å². The third-order valence-corrected chi connectivity index (χ3v) is 5.55. The van der Waals surface area contributed by atoms with Gasteiger partial charge in [0.15, 0.2) is 0 Å². The van der Waals surface area contributed by atoms with Crippen LogP contribution in [-0.4, -0.2) is 22.2 Å². The summed E-state index contributed by atoms with van der Waals surface area (Å²) < 4.78 is 0. The maximum atomic E-state index is 10.1. The molecule has 0 atom stereocenters. The van der Waals surface area contributed by atoms with Crippen molar-refractivity contribution in [2.24, 2.45) is 0 Å². The van der Waals surface area contributed by atoms with Gasteiger partial charge < -0.3 is 10.0 Å². The summed E-state index contributed by atoms with van der Waals surface area (Å²) in [6.07, 6.45) is 1.70. The van der Waals surface area contributed by atoms with E-state index in [1.54, 1.807) is 18.3 Å². The SMILES string of the molecule is N#Cc1c(-c2cc(B(O)O)cc(-c3ccccn3)c2)c2ccccc2c2ccccc12. The zero-order valence-electron chi connectivity index (χ0n) is 16.5. The molecule has 5 aromatic rings. The Morgan fingerprint density at radius 2 is 1.32 bits per heavy atom. The first-order valence-corrected chi connectivity index (χ1v) is 9.94. The molecule has 31 heavy (non-hydrogen) atoms. The minimum absolute atomic E-state index is 0.347. The van der Waals surface area contributed by atoms with Gasteiger partial charge in [-0.05, 0) is 45.4 Å². The van der Waals surface area contributed by atoms with E-state index in [4.69, 9.17) is 0 Å². The Morgan fingerprint density at radius 1 is 0.710 bits per heavy atom. The number of hydrogen-bond acceptors (Lipinski definition) is 4. The first-order valence-electron chi connectivity index (χ1n) is 9.94. The molecule has 2 N–H and O–H groups in total. The highest BCUT2D eigenvalue weighted by Gasteiger charge is 2.20. The van der Waals surface area contributed by atoms with Crippen LogP contribution in [0.25, 0.3) is 43.9 Å². The summed E-state index contributed by atoms with van der Waals surface area (Å²) >= 11 is 0. The predicted octanol–water partition coefficient (Wildman–Crippen LogP) is 4.27. The highest BCUT2D eigenvalue weighted by atomic mass is 16.4. The average molecular weight is 400 g/mol. The summed E-state index contributed by atoms with van der Waals surface area (Å²) in [5.74, 6) is 0. The van der Waals surface area contributed by atoms with Crippen LogP contribution in [0.2, 0.25) is 0 Å². The minimum Gasteiger partial charge on any atom is -0.423 e. The molecule has 0 radical (unpaired) electrons. The summed E-state index contributed by atoms with van der Waals surface area (Å²) in [5.41, 5.74) is 3.89. The summed E-state index contributed by atoms with van der Waals surface area (Å²) in [7, 11) is -1.64. The van der Waals surface area contributed by atoms with E-state index in [1.807, 2.05) is 72.8 Å². The topological polar surface area (TPSA) is 77.1 Å². The van der Waals surface area contributed by atoms with Gasteiger partial charge in [0.25, 0.3) is 0 Å². The van der Waals surface area contributed by atoms with E-state index >= 15 is 0 Å². The number of fused-ring (bicyclic) bond motifs is 3. The number of benzene rings is 4. The van der Waals surface area contributed by atoms with Gasteiger partial charge in [-0.25, -0.2) is 0 Å². The van der Waals surface area contributed by atoms with Crippen LogP contribution >= 0.6 is 0 Å². The van der Waals surface area contributed by atoms with Gasteiger partial charge in [0.2, 0.25) is 0 Å². The lowest BCUT2D eigenvalue weighted by Crippen LogP contribution is -2.30. The molecule has 5 rings (SSSR count). The van der Waals surface area contributed by atoms with Gasteiger partial charge in [0.1, 0.15) is 6.07 Å². The van der Waals surface area contributed by atoms with Crippen LogP contribution in [0.4, 0.5) is 0 Å². The molecule has 1 aromatic heterocycles. The summed E-state index contributed by atoms with van der Waals surface area (Å²) in [6, 6.07) is 29.2. The molecule has 0 aliphatic carbocycles. The van der Waals surface area contributed by atoms with Crippen molar-refractivity contribution >= 4 is 34.1 Å². The van der Waals surface area contributed by atoms with E-state index in [0.29, 0.717) is 11.0 Å². The fourth-order valence-corrected chi connectivity index (χ4v) is 4.18. The fraction of sp³-hybridized carbons (Fsp3) is 0. The molecular weight excluding hydrogens is 383 g/mol. The molecule has 0 spiro atoms. The van der Waals surface area contributed by atoms with Gasteiger partial charge in [-0.3, -0.25) is 4.98 Å². The van der Waals surface area contributed by atoms with Crippen LogP contribution in [0.1, 0.15) is 5.56 Å². The van der Waals surface area contributed by atoms with Gasteiger partial charge in [-0.1, -0.05) is 66.7 Å². The second kappa shape index (κ2) is 7.69. The van der Waals surface area contributed by atoms with Crippen LogP contribution in [0.15, 0.2) is 91.1 Å². The van der Waals surface area contributed by atoms with Crippen molar-refractivity contribution < 1.29 is 10.0 Å². The van der Waals surface area contributed by atoms with Crippen LogP contribution in [0.3, 0.4) is 0 Å². The van der Waals surface area contributed by atoms with Crippen LogP contribution in [0.5, 0.6) is 0 Å². The maximum Gasteiger partial charge on any atom is 0.488 e. The molecule has 0 bridgehead atoms. The van der Waals surface area contributed by atoms with Gasteiger partial charge in [0.05, 0.1) is 11.3 Å². The summed E-state index contributed by atoms with van der Waals surface area (Å²) in [6.45, 7) is 0. The van der Waals surface area contributed by atoms with Crippen molar-refractivity contribution in [2.75, 3.05) is 0 Å². The Kier molecular flexibility index (Phi) is 4.72. The molecule has 4 aromatic carbocycles. The zero-order chi connectivity index (χ0) is 21.4. The van der Waals surface area contributed by atoms with Crippen molar-refractivity contribution in [3.63, 3.8) is 0 Å². The minimum atomic E-state index is -1.64. The Balaban J connectivity index is 1.92. The lowest BCUT2D eigenvalue weighted by molar-refractivity contribution is 0.426. The maximum absolute atomic E-state index is 10.1. The van der Waals surface area contributed by atoms with Crippen molar-refractivity contribution in [3.05, 3.63) is 96.7 Å². The Hall–Kier alpha value is -3.98. The van der Waals surface area contributed by atoms with Crippen LogP contribution < -0.4 is 5.46 Å². The summed E-state index contributed by atoms with van der Waals surface area (Å²) in [5, 5.41) is 33.9. The lowest BCUT2D eigenvalue weighted by atomic mass is 9.76. The molecule has 0 saturated carbocycles. The molecule has 0 fully saturated rings. The third-order valence-electron chi connectivity index (χ3n) is 5.55. The fourth-order valence-electron chi connectivity index (χ4n) is 4.18. The molecule has 146 valence electrons. The van der Waals surface area contributed by atoms with Crippen molar-refractivity contribution in [2.45, 2.75) is 0 Å². The number of aromatic nitrogens is 1. The van der Waals surface area contributed by atoms with E-state index in [1.165, 1.54) is 0 Å². The second-order valence-electron chi connectivity index (χ2n) is 7.39. The molecule has 5 heteroatoms. The average Bonchev–Trinajstić information content (AvgIpc) is 2.83. The molecule has 1 heterocycles. The van der Waals surface area contributed by atoms with Crippen molar-refractivity contribution in [1.82, 2.24) is 4.98 Å². The highest BCUT2D eigenvalue weighted by Crippen LogP contribution is 2.39. The first-order chi connectivity index (χ1) is 15.2. The van der Waals surface area contributed by atoms with Crippen LogP contribution in [-0.2, 0) is 0 Å². The van der Waals surface area contributed by atoms with Gasteiger partial charge in [-0.2, -0.15) is 5.26 Å². The van der Waals surface area contributed by atoms with Gasteiger partial charge in [0, 0.05) is 22.7 Å². The monoisotopic (exact) mass is 400 g/mol.